The number of hydrogen-bond donors (Lipinski definition) is 0. The number of rotatable bonds is 4. The molecule has 0 atom stereocenters. The number of halogens is 4. The van der Waals surface area contributed by atoms with Crippen LogP contribution in [0.4, 0.5) is 13.2 Å². The van der Waals surface area contributed by atoms with Crippen molar-refractivity contribution in [3.05, 3.63) is 28.8 Å². The predicted octanol–water partition coefficient (Wildman–Crippen LogP) is 3.07. The molecule has 7 heteroatoms. The standard InChI is InChI=1S/C10H9ClF3NO2/c1-2-17-10(16)6-3-5(4-11)9(14)15-7(6)8(12)13/h3,8H,2,4H2,1H3. The van der Waals surface area contributed by atoms with Crippen LogP contribution in [0.1, 0.15) is 35.0 Å². The fourth-order valence-electron chi connectivity index (χ4n) is 1.18. The van der Waals surface area contributed by atoms with Crippen molar-refractivity contribution >= 4 is 17.6 Å². The summed E-state index contributed by atoms with van der Waals surface area (Å²) in [5.74, 6) is -2.35. The van der Waals surface area contributed by atoms with E-state index in [1.165, 1.54) is 6.92 Å². The van der Waals surface area contributed by atoms with Crippen LogP contribution in [0.3, 0.4) is 0 Å². The molecule has 1 heterocycles. The normalized spacial score (nSPS) is 10.7. The second kappa shape index (κ2) is 5.86. The Labute approximate surface area is 101 Å². The van der Waals surface area contributed by atoms with Crippen LogP contribution in [0.25, 0.3) is 0 Å². The third-order valence-corrected chi connectivity index (χ3v) is 2.21. The molecule has 1 rings (SSSR count). The third kappa shape index (κ3) is 3.09. The molecule has 0 spiro atoms. The summed E-state index contributed by atoms with van der Waals surface area (Å²) in [6.45, 7) is 1.55. The number of carbonyl (C=O) groups is 1. The molecule has 0 bridgehead atoms. The van der Waals surface area contributed by atoms with E-state index in [9.17, 15) is 18.0 Å². The van der Waals surface area contributed by atoms with Gasteiger partial charge in [-0.15, -0.1) is 11.6 Å². The molecule has 1 aromatic rings. The lowest BCUT2D eigenvalue weighted by Gasteiger charge is -2.09. The lowest BCUT2D eigenvalue weighted by molar-refractivity contribution is 0.0512. The van der Waals surface area contributed by atoms with E-state index in [0.29, 0.717) is 0 Å². The van der Waals surface area contributed by atoms with Crippen LogP contribution in [0.5, 0.6) is 0 Å². The minimum absolute atomic E-state index is 0.0229. The molecule has 94 valence electrons. The number of ether oxygens (including phenoxy) is 1. The summed E-state index contributed by atoms with van der Waals surface area (Å²) < 4.78 is 42.9. The molecule has 3 nitrogen and oxygen atoms in total. The number of pyridine rings is 1. The zero-order valence-corrected chi connectivity index (χ0v) is 9.60. The highest BCUT2D eigenvalue weighted by molar-refractivity contribution is 6.17. The van der Waals surface area contributed by atoms with E-state index >= 15 is 0 Å². The Morgan fingerprint density at radius 1 is 1.59 bits per heavy atom. The third-order valence-electron chi connectivity index (χ3n) is 1.92. The fourth-order valence-corrected chi connectivity index (χ4v) is 1.37. The predicted molar refractivity (Wildman–Crippen MR) is 54.7 cm³/mol. The topological polar surface area (TPSA) is 39.2 Å². The Bertz CT molecular complexity index is 426. The zero-order chi connectivity index (χ0) is 13.0. The molecule has 0 aliphatic heterocycles. The Balaban J connectivity index is 3.28. The Hall–Kier alpha value is -1.30. The van der Waals surface area contributed by atoms with E-state index in [4.69, 9.17) is 11.6 Å². The first-order valence-corrected chi connectivity index (χ1v) is 5.25. The van der Waals surface area contributed by atoms with E-state index in [1.807, 2.05) is 0 Å². The number of esters is 1. The molecule has 0 amide bonds. The fraction of sp³-hybridized carbons (Fsp3) is 0.400. The molecule has 0 saturated heterocycles. The highest BCUT2D eigenvalue weighted by Crippen LogP contribution is 2.24. The average molecular weight is 268 g/mol. The van der Waals surface area contributed by atoms with Gasteiger partial charge in [-0.25, -0.2) is 18.6 Å². The molecule has 0 saturated carbocycles. The van der Waals surface area contributed by atoms with E-state index in [0.717, 1.165) is 6.07 Å². The number of hydrogen-bond acceptors (Lipinski definition) is 3. The summed E-state index contributed by atoms with van der Waals surface area (Å²) in [5.41, 5.74) is -1.52. The van der Waals surface area contributed by atoms with E-state index < -0.39 is 29.6 Å². The lowest BCUT2D eigenvalue weighted by atomic mass is 10.1. The smallest absolute Gasteiger partial charge is 0.340 e. The van der Waals surface area contributed by atoms with Crippen LogP contribution in [-0.2, 0) is 10.6 Å². The van der Waals surface area contributed by atoms with Gasteiger partial charge in [-0.3, -0.25) is 0 Å². The summed E-state index contributed by atoms with van der Waals surface area (Å²) in [6.07, 6.45) is -3.06. The Kier molecular flexibility index (Phi) is 4.74. The minimum Gasteiger partial charge on any atom is -0.462 e. The summed E-state index contributed by atoms with van der Waals surface area (Å²) >= 11 is 5.40. The monoisotopic (exact) mass is 267 g/mol. The van der Waals surface area contributed by atoms with Crippen LogP contribution in [0, 0.1) is 5.95 Å². The van der Waals surface area contributed by atoms with Gasteiger partial charge in [0, 0.05) is 5.56 Å². The Morgan fingerprint density at radius 2 is 2.24 bits per heavy atom. The molecule has 0 N–H and O–H groups in total. The van der Waals surface area contributed by atoms with Gasteiger partial charge in [0.15, 0.2) is 0 Å². The molecular weight excluding hydrogens is 259 g/mol. The lowest BCUT2D eigenvalue weighted by Crippen LogP contribution is -2.12. The highest BCUT2D eigenvalue weighted by atomic mass is 35.5. The maximum atomic E-state index is 13.2. The molecule has 0 aliphatic rings. The maximum Gasteiger partial charge on any atom is 0.340 e. The molecule has 0 aromatic carbocycles. The van der Waals surface area contributed by atoms with Gasteiger partial charge in [-0.2, -0.15) is 4.39 Å². The van der Waals surface area contributed by atoms with Gasteiger partial charge < -0.3 is 4.74 Å². The van der Waals surface area contributed by atoms with Crippen molar-refractivity contribution in [2.24, 2.45) is 0 Å². The first-order chi connectivity index (χ1) is 8.01. The summed E-state index contributed by atoms with van der Waals surface area (Å²) in [6, 6.07) is 0.939. The maximum absolute atomic E-state index is 13.2. The van der Waals surface area contributed by atoms with Crippen LogP contribution in [-0.4, -0.2) is 17.6 Å². The summed E-state index contributed by atoms with van der Waals surface area (Å²) in [5, 5.41) is 0. The highest BCUT2D eigenvalue weighted by Gasteiger charge is 2.23. The SMILES string of the molecule is CCOC(=O)c1cc(CCl)c(F)nc1C(F)F. The first-order valence-electron chi connectivity index (χ1n) is 4.71. The van der Waals surface area contributed by atoms with Crippen LogP contribution < -0.4 is 0 Å². The van der Waals surface area contributed by atoms with Gasteiger partial charge in [-0.05, 0) is 13.0 Å². The molecule has 0 radical (unpaired) electrons. The quantitative estimate of drug-likeness (QED) is 0.478. The minimum atomic E-state index is -3.06. The van der Waals surface area contributed by atoms with Gasteiger partial charge in [0.1, 0.15) is 5.69 Å². The number of carbonyl (C=O) groups excluding carboxylic acids is 1. The van der Waals surface area contributed by atoms with Crippen LogP contribution in [0.2, 0.25) is 0 Å². The molecule has 1 aromatic heterocycles. The van der Waals surface area contributed by atoms with Crippen molar-refractivity contribution in [3.8, 4) is 0 Å². The van der Waals surface area contributed by atoms with Crippen molar-refractivity contribution in [3.63, 3.8) is 0 Å². The molecule has 17 heavy (non-hydrogen) atoms. The van der Waals surface area contributed by atoms with E-state index in [-0.39, 0.29) is 18.1 Å². The largest absolute Gasteiger partial charge is 0.462 e. The molecule has 0 aliphatic carbocycles. The first kappa shape index (κ1) is 13.8. The van der Waals surface area contributed by atoms with Crippen molar-refractivity contribution in [1.82, 2.24) is 4.98 Å². The van der Waals surface area contributed by atoms with Crippen molar-refractivity contribution in [2.75, 3.05) is 6.61 Å². The van der Waals surface area contributed by atoms with Gasteiger partial charge in [0.05, 0.1) is 18.1 Å². The second-order valence-corrected chi connectivity index (χ2v) is 3.29. The van der Waals surface area contributed by atoms with E-state index in [1.54, 1.807) is 0 Å². The van der Waals surface area contributed by atoms with E-state index in [2.05, 4.69) is 9.72 Å². The van der Waals surface area contributed by atoms with Crippen molar-refractivity contribution in [1.29, 1.82) is 0 Å². The van der Waals surface area contributed by atoms with Gasteiger partial charge in [0.2, 0.25) is 5.95 Å². The van der Waals surface area contributed by atoms with Crippen molar-refractivity contribution in [2.45, 2.75) is 19.2 Å². The Morgan fingerprint density at radius 3 is 2.71 bits per heavy atom. The number of alkyl halides is 3. The van der Waals surface area contributed by atoms with Gasteiger partial charge >= 0.3 is 5.97 Å². The molecule has 0 fully saturated rings. The van der Waals surface area contributed by atoms with Crippen LogP contribution in [0.15, 0.2) is 6.07 Å². The molecular formula is C10H9ClF3NO2. The van der Waals surface area contributed by atoms with Gasteiger partial charge in [0.25, 0.3) is 6.43 Å². The summed E-state index contributed by atoms with van der Waals surface area (Å²) in [4.78, 5) is 14.4. The van der Waals surface area contributed by atoms with Crippen molar-refractivity contribution < 1.29 is 22.7 Å². The van der Waals surface area contributed by atoms with Crippen LogP contribution >= 0.6 is 11.6 Å². The number of aromatic nitrogens is 1. The average Bonchev–Trinajstić information content (AvgIpc) is 2.28. The van der Waals surface area contributed by atoms with Gasteiger partial charge in [-0.1, -0.05) is 0 Å². The zero-order valence-electron chi connectivity index (χ0n) is 8.84. The summed E-state index contributed by atoms with van der Waals surface area (Å²) in [7, 11) is 0. The number of nitrogens with zero attached hydrogens (tertiary/aromatic N) is 1. The second-order valence-electron chi connectivity index (χ2n) is 3.03. The molecule has 0 unspecified atom stereocenters.